The molecular weight excluding hydrogens is 402 g/mol. The Balaban J connectivity index is 1.63. The van der Waals surface area contributed by atoms with E-state index in [4.69, 9.17) is 4.42 Å². The first-order chi connectivity index (χ1) is 14.2. The van der Waals surface area contributed by atoms with E-state index in [1.807, 2.05) is 35.7 Å². The highest BCUT2D eigenvalue weighted by atomic mass is 32.1. The lowest BCUT2D eigenvalue weighted by atomic mass is 9.99. The summed E-state index contributed by atoms with van der Waals surface area (Å²) in [5, 5.41) is 21.6. The predicted molar refractivity (Wildman–Crippen MR) is 112 cm³/mol. The molecule has 0 unspecified atom stereocenters. The zero-order valence-corrected chi connectivity index (χ0v) is 16.3. The van der Waals surface area contributed by atoms with Gasteiger partial charge in [-0.25, -0.2) is 0 Å². The van der Waals surface area contributed by atoms with Crippen LogP contribution in [0.25, 0.3) is 31.9 Å². The van der Waals surface area contributed by atoms with Gasteiger partial charge >= 0.3 is 0 Å². The molecule has 0 saturated heterocycles. The van der Waals surface area contributed by atoms with Crippen LogP contribution < -0.4 is 0 Å². The van der Waals surface area contributed by atoms with Gasteiger partial charge in [0.15, 0.2) is 5.78 Å². The Hall–Kier alpha value is -3.78. The summed E-state index contributed by atoms with van der Waals surface area (Å²) in [6.07, 6.45) is 1.59. The van der Waals surface area contributed by atoms with Crippen molar-refractivity contribution in [3.05, 3.63) is 75.9 Å². The maximum atomic E-state index is 12.9. The smallest absolute Gasteiger partial charge is 0.238 e. The number of allylic oxidation sites excluding steroid dienone is 3. The topological polar surface area (TPSA) is 90.7 Å². The SMILES string of the molecule is N#CC(C#N)=C1/C(=C/c2cc3sc(-c4cccs4)nc3o2)C(=O)c2ccccc21. The van der Waals surface area contributed by atoms with Gasteiger partial charge in [0.25, 0.3) is 0 Å². The van der Waals surface area contributed by atoms with E-state index in [0.717, 1.165) is 14.6 Å². The number of carbonyl (C=O) groups is 1. The molecule has 0 fully saturated rings. The first kappa shape index (κ1) is 17.3. The first-order valence-corrected chi connectivity index (χ1v) is 10.2. The zero-order valence-electron chi connectivity index (χ0n) is 14.7. The third kappa shape index (κ3) is 2.73. The summed E-state index contributed by atoms with van der Waals surface area (Å²) >= 11 is 3.12. The Bertz CT molecular complexity index is 1390. The van der Waals surface area contributed by atoms with E-state index in [1.54, 1.807) is 41.7 Å². The summed E-state index contributed by atoms with van der Waals surface area (Å²) in [5.41, 5.74) is 2.10. The molecule has 0 N–H and O–H groups in total. The van der Waals surface area contributed by atoms with E-state index >= 15 is 0 Å². The van der Waals surface area contributed by atoms with Crippen LogP contribution in [0.5, 0.6) is 0 Å². The normalized spacial score (nSPS) is 14.2. The van der Waals surface area contributed by atoms with E-state index in [0.29, 0.717) is 28.2 Å². The van der Waals surface area contributed by atoms with E-state index < -0.39 is 0 Å². The number of aromatic nitrogens is 1. The fourth-order valence-corrected chi connectivity index (χ4v) is 5.05. The Kier molecular flexibility index (Phi) is 3.99. The fraction of sp³-hybridized carbons (Fsp3) is 0. The van der Waals surface area contributed by atoms with E-state index in [-0.39, 0.29) is 16.9 Å². The van der Waals surface area contributed by atoms with Crippen LogP contribution in [0, 0.1) is 22.7 Å². The lowest BCUT2D eigenvalue weighted by Gasteiger charge is -2.00. The highest BCUT2D eigenvalue weighted by molar-refractivity contribution is 7.25. The number of nitriles is 2. The molecule has 0 radical (unpaired) electrons. The third-order valence-electron chi connectivity index (χ3n) is 4.56. The largest absolute Gasteiger partial charge is 0.437 e. The molecule has 5 rings (SSSR count). The van der Waals surface area contributed by atoms with Crippen LogP contribution in [0.3, 0.4) is 0 Å². The maximum Gasteiger partial charge on any atom is 0.238 e. The van der Waals surface area contributed by atoms with Crippen LogP contribution in [0.1, 0.15) is 21.7 Å². The van der Waals surface area contributed by atoms with Crippen LogP contribution in [0.4, 0.5) is 0 Å². The van der Waals surface area contributed by atoms with E-state index in [9.17, 15) is 15.3 Å². The van der Waals surface area contributed by atoms with Crippen LogP contribution in [0.2, 0.25) is 0 Å². The molecule has 1 aliphatic carbocycles. The van der Waals surface area contributed by atoms with Crippen molar-refractivity contribution >= 4 is 50.5 Å². The Morgan fingerprint density at radius 2 is 1.90 bits per heavy atom. The zero-order chi connectivity index (χ0) is 20.0. The Labute approximate surface area is 173 Å². The number of furan rings is 1. The van der Waals surface area contributed by atoms with Gasteiger partial charge in [0.2, 0.25) is 5.71 Å². The van der Waals surface area contributed by atoms with Crippen molar-refractivity contribution in [3.8, 4) is 22.0 Å². The maximum absolute atomic E-state index is 12.9. The monoisotopic (exact) mass is 411 g/mol. The summed E-state index contributed by atoms with van der Waals surface area (Å²) in [4.78, 5) is 18.5. The second-order valence-corrected chi connectivity index (χ2v) is 8.20. The summed E-state index contributed by atoms with van der Waals surface area (Å²) in [6, 6.07) is 16.6. The quantitative estimate of drug-likeness (QED) is 0.312. The van der Waals surface area contributed by atoms with E-state index in [2.05, 4.69) is 4.98 Å². The molecule has 1 aliphatic rings. The van der Waals surface area contributed by atoms with Crippen molar-refractivity contribution in [2.45, 2.75) is 0 Å². The minimum Gasteiger partial charge on any atom is -0.437 e. The van der Waals surface area contributed by atoms with E-state index in [1.165, 1.54) is 11.3 Å². The number of hydrogen-bond donors (Lipinski definition) is 0. The molecule has 0 atom stereocenters. The second-order valence-electron chi connectivity index (χ2n) is 6.22. The number of carbonyl (C=O) groups excluding carboxylic acids is 1. The number of hydrogen-bond acceptors (Lipinski definition) is 7. The molecule has 4 aromatic rings. The van der Waals surface area contributed by atoms with Crippen molar-refractivity contribution < 1.29 is 9.21 Å². The van der Waals surface area contributed by atoms with Gasteiger partial charge in [0, 0.05) is 22.8 Å². The molecule has 136 valence electrons. The van der Waals surface area contributed by atoms with Crippen molar-refractivity contribution in [1.82, 2.24) is 4.98 Å². The van der Waals surface area contributed by atoms with Crippen LogP contribution in [-0.2, 0) is 0 Å². The highest BCUT2D eigenvalue weighted by Crippen LogP contribution is 2.41. The third-order valence-corrected chi connectivity index (χ3v) is 6.58. The first-order valence-electron chi connectivity index (χ1n) is 8.54. The van der Waals surface area contributed by atoms with Gasteiger partial charge < -0.3 is 4.42 Å². The van der Waals surface area contributed by atoms with Gasteiger partial charge in [0.05, 0.1) is 9.58 Å². The van der Waals surface area contributed by atoms with Gasteiger partial charge in [-0.1, -0.05) is 30.3 Å². The Morgan fingerprint density at radius 3 is 2.59 bits per heavy atom. The molecule has 0 saturated carbocycles. The molecule has 0 amide bonds. The average Bonchev–Trinajstić information content (AvgIpc) is 3.49. The summed E-state index contributed by atoms with van der Waals surface area (Å²) in [6.45, 7) is 0. The molecule has 3 heterocycles. The highest BCUT2D eigenvalue weighted by Gasteiger charge is 2.32. The fourth-order valence-electron chi connectivity index (χ4n) is 3.32. The minimum absolute atomic E-state index is 0.0963. The molecule has 0 spiro atoms. The van der Waals surface area contributed by atoms with Crippen LogP contribution in [-0.4, -0.2) is 10.8 Å². The lowest BCUT2D eigenvalue weighted by Crippen LogP contribution is -1.95. The lowest BCUT2D eigenvalue weighted by molar-refractivity contribution is 0.104. The number of Topliss-reactive ketones (excluding diaryl/α,β-unsaturated/α-hetero) is 1. The average molecular weight is 411 g/mol. The summed E-state index contributed by atoms with van der Waals surface area (Å²) in [5.74, 6) is 0.228. The summed E-state index contributed by atoms with van der Waals surface area (Å²) in [7, 11) is 0. The van der Waals surface area contributed by atoms with Gasteiger partial charge in [-0.3, -0.25) is 4.79 Å². The van der Waals surface area contributed by atoms with Gasteiger partial charge in [-0.15, -0.1) is 22.7 Å². The van der Waals surface area contributed by atoms with Crippen molar-refractivity contribution in [1.29, 1.82) is 10.5 Å². The Morgan fingerprint density at radius 1 is 1.10 bits per heavy atom. The molecule has 5 nitrogen and oxygen atoms in total. The predicted octanol–water partition coefficient (Wildman–Crippen LogP) is 5.70. The molecular formula is C22H9N3O2S2. The number of rotatable bonds is 2. The molecule has 0 bridgehead atoms. The van der Waals surface area contributed by atoms with Crippen molar-refractivity contribution in [2.24, 2.45) is 0 Å². The standard InChI is InChI=1S/C22H9N3O2S2/c23-10-12(11-24)19-14-4-1-2-5-15(14)20(26)16(19)8-13-9-18-21(27-13)25-22(29-18)17-6-3-7-28-17/h1-9H/b16-8-. The molecule has 29 heavy (non-hydrogen) atoms. The number of thiazole rings is 1. The van der Waals surface area contributed by atoms with Crippen LogP contribution >= 0.6 is 22.7 Å². The second kappa shape index (κ2) is 6.68. The van der Waals surface area contributed by atoms with Crippen molar-refractivity contribution in [2.75, 3.05) is 0 Å². The van der Waals surface area contributed by atoms with Crippen LogP contribution in [0.15, 0.2) is 63.4 Å². The molecule has 3 aromatic heterocycles. The van der Waals surface area contributed by atoms with Gasteiger partial charge in [-0.05, 0) is 23.1 Å². The number of ketones is 1. The summed E-state index contributed by atoms with van der Waals surface area (Å²) < 4.78 is 6.71. The number of thiophene rings is 1. The number of fused-ring (bicyclic) bond motifs is 2. The number of nitrogens with zero attached hydrogens (tertiary/aromatic N) is 3. The minimum atomic E-state index is -0.231. The molecule has 7 heteroatoms. The number of benzene rings is 1. The van der Waals surface area contributed by atoms with Gasteiger partial charge in [-0.2, -0.15) is 15.5 Å². The molecule has 0 aliphatic heterocycles. The van der Waals surface area contributed by atoms with Crippen molar-refractivity contribution in [3.63, 3.8) is 0 Å². The van der Waals surface area contributed by atoms with Gasteiger partial charge in [0.1, 0.15) is 28.5 Å². The molecule has 1 aromatic carbocycles.